The summed E-state index contributed by atoms with van der Waals surface area (Å²) in [6, 6.07) is 5.21. The van der Waals surface area contributed by atoms with Crippen molar-refractivity contribution in [2.75, 3.05) is 7.05 Å². The van der Waals surface area contributed by atoms with Crippen LogP contribution in [0.15, 0.2) is 39.2 Å². The van der Waals surface area contributed by atoms with Crippen LogP contribution in [0.25, 0.3) is 6.08 Å². The molecule has 1 aliphatic heterocycles. The summed E-state index contributed by atoms with van der Waals surface area (Å²) in [7, 11) is 1.66. The number of benzene rings is 1. The number of carbonyl (C=O) groups excluding carboxylic acids is 1. The Morgan fingerprint density at radius 3 is 2.80 bits per heavy atom. The fraction of sp³-hybridized carbons (Fsp3) is 0.143. The normalized spacial score (nSPS) is 18.2. The Kier molecular flexibility index (Phi) is 4.67. The highest BCUT2D eigenvalue weighted by molar-refractivity contribution is 9.10. The Bertz CT molecular complexity index is 653. The molecule has 0 bridgehead atoms. The summed E-state index contributed by atoms with van der Waals surface area (Å²) in [6.07, 6.45) is 3.60. The van der Waals surface area contributed by atoms with Gasteiger partial charge < -0.3 is 5.11 Å². The minimum atomic E-state index is -0.0915. The molecule has 0 unspecified atom stereocenters. The van der Waals surface area contributed by atoms with Gasteiger partial charge in [-0.3, -0.25) is 9.69 Å². The van der Waals surface area contributed by atoms with Gasteiger partial charge in [0.2, 0.25) is 0 Å². The first kappa shape index (κ1) is 15.3. The van der Waals surface area contributed by atoms with Crippen molar-refractivity contribution >= 4 is 56.2 Å². The molecule has 1 heterocycles. The van der Waals surface area contributed by atoms with Gasteiger partial charge in [0.1, 0.15) is 10.1 Å². The number of likely N-dealkylation sites (N-methyl/N-ethyl adjacent to an activating group) is 1. The third kappa shape index (κ3) is 3.31. The third-order valence-corrected chi connectivity index (χ3v) is 4.70. The first-order valence-electron chi connectivity index (χ1n) is 5.77. The van der Waals surface area contributed by atoms with Crippen LogP contribution in [0.4, 0.5) is 0 Å². The third-order valence-electron chi connectivity index (χ3n) is 2.72. The number of phenolic OH excluding ortho intramolecular Hbond substituents is 1. The number of nitrogens with zero attached hydrogens (tertiary/aromatic N) is 1. The highest BCUT2D eigenvalue weighted by Crippen LogP contribution is 2.31. The topological polar surface area (TPSA) is 40.5 Å². The van der Waals surface area contributed by atoms with E-state index in [9.17, 15) is 9.90 Å². The van der Waals surface area contributed by atoms with E-state index in [-0.39, 0.29) is 11.7 Å². The molecule has 1 aromatic carbocycles. The molecule has 1 aliphatic rings. The predicted octanol–water partition coefficient (Wildman–Crippen LogP) is 3.93. The van der Waals surface area contributed by atoms with Crippen molar-refractivity contribution in [2.24, 2.45) is 0 Å². The van der Waals surface area contributed by atoms with Crippen LogP contribution < -0.4 is 0 Å². The maximum atomic E-state index is 11.9. The van der Waals surface area contributed by atoms with Gasteiger partial charge in [-0.25, -0.2) is 0 Å². The Balaban J connectivity index is 2.30. The molecular formula is C14H12BrNO2S2. The molecule has 2 rings (SSSR count). The molecule has 3 nitrogen and oxygen atoms in total. The summed E-state index contributed by atoms with van der Waals surface area (Å²) in [4.78, 5) is 13.9. The van der Waals surface area contributed by atoms with E-state index >= 15 is 0 Å². The quantitative estimate of drug-likeness (QED) is 0.633. The van der Waals surface area contributed by atoms with E-state index in [0.29, 0.717) is 14.8 Å². The second kappa shape index (κ2) is 6.11. The van der Waals surface area contributed by atoms with Crippen molar-refractivity contribution in [3.63, 3.8) is 0 Å². The van der Waals surface area contributed by atoms with Crippen LogP contribution in [0, 0.1) is 0 Å². The van der Waals surface area contributed by atoms with Crippen molar-refractivity contribution in [3.8, 4) is 5.75 Å². The number of thiocarbonyl (C=S) groups is 1. The average molecular weight is 370 g/mol. The summed E-state index contributed by atoms with van der Waals surface area (Å²) in [5, 5.41) is 9.79. The van der Waals surface area contributed by atoms with Gasteiger partial charge >= 0.3 is 0 Å². The Morgan fingerprint density at radius 2 is 2.20 bits per heavy atom. The highest BCUT2D eigenvalue weighted by atomic mass is 79.9. The maximum Gasteiger partial charge on any atom is 0.265 e. The molecule has 0 saturated carbocycles. The molecule has 1 fully saturated rings. The monoisotopic (exact) mass is 369 g/mol. The van der Waals surface area contributed by atoms with Gasteiger partial charge in [0.15, 0.2) is 0 Å². The molecule has 1 N–H and O–H groups in total. The van der Waals surface area contributed by atoms with Crippen molar-refractivity contribution in [2.45, 2.75) is 6.92 Å². The first-order valence-corrected chi connectivity index (χ1v) is 7.78. The number of rotatable bonds is 2. The molecule has 0 radical (unpaired) electrons. The number of phenols is 1. The van der Waals surface area contributed by atoms with Crippen LogP contribution in [0.5, 0.6) is 5.75 Å². The first-order chi connectivity index (χ1) is 9.38. The van der Waals surface area contributed by atoms with Gasteiger partial charge in [-0.2, -0.15) is 0 Å². The lowest BCUT2D eigenvalue weighted by molar-refractivity contribution is -0.121. The Morgan fingerprint density at radius 1 is 1.50 bits per heavy atom. The standard InChI is InChI=1S/C14H12BrNO2S2/c1-8(5-9-7-10(15)3-4-11(9)17)6-12-13(18)16(2)14(19)20-12/h3-7,17H,1-2H3. The zero-order valence-electron chi connectivity index (χ0n) is 10.9. The summed E-state index contributed by atoms with van der Waals surface area (Å²) >= 11 is 9.72. The molecule has 1 aromatic rings. The van der Waals surface area contributed by atoms with Crippen LogP contribution in [0.2, 0.25) is 0 Å². The van der Waals surface area contributed by atoms with E-state index in [1.165, 1.54) is 16.7 Å². The number of hydrogen-bond acceptors (Lipinski definition) is 4. The van der Waals surface area contributed by atoms with Gasteiger partial charge in [-0.05, 0) is 42.8 Å². The lowest BCUT2D eigenvalue weighted by Gasteiger charge is -2.03. The number of allylic oxidation sites excluding steroid dienone is 2. The number of aromatic hydroxyl groups is 1. The van der Waals surface area contributed by atoms with Gasteiger partial charge in [-0.15, -0.1) is 0 Å². The average Bonchev–Trinajstić information content (AvgIpc) is 2.61. The molecule has 104 valence electrons. The smallest absolute Gasteiger partial charge is 0.265 e. The van der Waals surface area contributed by atoms with Gasteiger partial charge in [0, 0.05) is 17.1 Å². The van der Waals surface area contributed by atoms with E-state index in [1.807, 2.05) is 19.1 Å². The molecule has 0 aromatic heterocycles. The fourth-order valence-corrected chi connectivity index (χ4v) is 3.29. The zero-order chi connectivity index (χ0) is 14.9. The SMILES string of the molecule is CC(=Cc1cc(Br)ccc1O)C=C1SC(=S)N(C)C1=O. The predicted molar refractivity (Wildman–Crippen MR) is 90.5 cm³/mol. The maximum absolute atomic E-state index is 11.9. The van der Waals surface area contributed by atoms with Crippen LogP contribution in [-0.2, 0) is 4.79 Å². The highest BCUT2D eigenvalue weighted by Gasteiger charge is 2.28. The minimum Gasteiger partial charge on any atom is -0.507 e. The summed E-state index contributed by atoms with van der Waals surface area (Å²) in [6.45, 7) is 1.88. The molecule has 0 atom stereocenters. The molecule has 1 saturated heterocycles. The van der Waals surface area contributed by atoms with Crippen molar-refractivity contribution in [1.82, 2.24) is 4.90 Å². The van der Waals surface area contributed by atoms with Gasteiger partial charge in [-0.1, -0.05) is 39.9 Å². The van der Waals surface area contributed by atoms with Crippen LogP contribution in [0.1, 0.15) is 12.5 Å². The largest absolute Gasteiger partial charge is 0.507 e. The van der Waals surface area contributed by atoms with Crippen molar-refractivity contribution in [1.29, 1.82) is 0 Å². The van der Waals surface area contributed by atoms with Crippen LogP contribution in [-0.4, -0.2) is 27.3 Å². The van der Waals surface area contributed by atoms with E-state index in [4.69, 9.17) is 12.2 Å². The number of hydrogen-bond donors (Lipinski definition) is 1. The number of halogens is 1. The lowest BCUT2D eigenvalue weighted by Crippen LogP contribution is -2.22. The fourth-order valence-electron chi connectivity index (χ4n) is 1.68. The Labute approximate surface area is 135 Å². The second-order valence-electron chi connectivity index (χ2n) is 4.33. The zero-order valence-corrected chi connectivity index (χ0v) is 14.1. The van der Waals surface area contributed by atoms with Crippen molar-refractivity contribution in [3.05, 3.63) is 44.8 Å². The van der Waals surface area contributed by atoms with Gasteiger partial charge in [0.05, 0.1) is 4.91 Å². The summed E-state index contributed by atoms with van der Waals surface area (Å²) in [5.41, 5.74) is 1.56. The van der Waals surface area contributed by atoms with Crippen molar-refractivity contribution < 1.29 is 9.90 Å². The summed E-state index contributed by atoms with van der Waals surface area (Å²) < 4.78 is 1.44. The van der Waals surface area contributed by atoms with E-state index in [1.54, 1.807) is 25.3 Å². The molecule has 0 aliphatic carbocycles. The minimum absolute atomic E-state index is 0.0915. The lowest BCUT2D eigenvalue weighted by atomic mass is 10.1. The molecular weight excluding hydrogens is 358 g/mol. The van der Waals surface area contributed by atoms with E-state index < -0.39 is 0 Å². The van der Waals surface area contributed by atoms with E-state index in [0.717, 1.165) is 10.0 Å². The second-order valence-corrected chi connectivity index (χ2v) is 6.92. The molecule has 6 heteroatoms. The Hall–Kier alpha value is -1.11. The van der Waals surface area contributed by atoms with Crippen LogP contribution in [0.3, 0.4) is 0 Å². The number of amides is 1. The van der Waals surface area contributed by atoms with Gasteiger partial charge in [0.25, 0.3) is 5.91 Å². The molecule has 1 amide bonds. The molecule has 20 heavy (non-hydrogen) atoms. The summed E-state index contributed by atoms with van der Waals surface area (Å²) in [5.74, 6) is 0.107. The molecule has 0 spiro atoms. The number of carbonyl (C=O) groups is 1. The van der Waals surface area contributed by atoms with E-state index in [2.05, 4.69) is 15.9 Å². The van der Waals surface area contributed by atoms with Crippen LogP contribution >= 0.6 is 39.9 Å². The number of thioether (sulfide) groups is 1.